The van der Waals surface area contributed by atoms with Gasteiger partial charge in [-0.2, -0.15) is 5.12 Å². The van der Waals surface area contributed by atoms with E-state index in [0.717, 1.165) is 0 Å². The van der Waals surface area contributed by atoms with Crippen molar-refractivity contribution in [2.45, 2.75) is 0 Å². The molecule has 0 saturated heterocycles. The predicted octanol–water partition coefficient (Wildman–Crippen LogP) is 4.48. The zero-order chi connectivity index (χ0) is 16.7. The fourth-order valence-electron chi connectivity index (χ4n) is 2.99. The van der Waals surface area contributed by atoms with Crippen molar-refractivity contribution in [2.75, 3.05) is 5.12 Å². The van der Waals surface area contributed by atoms with Crippen molar-refractivity contribution < 1.29 is 14.1 Å². The van der Waals surface area contributed by atoms with Gasteiger partial charge >= 0.3 is 0 Å². The number of para-hydroxylation sites is 1. The summed E-state index contributed by atoms with van der Waals surface area (Å²) in [5.41, 5.74) is 1.38. The maximum absolute atomic E-state index is 14.9. The molecule has 0 spiro atoms. The van der Waals surface area contributed by atoms with E-state index in [4.69, 9.17) is 0 Å². The third-order valence-corrected chi connectivity index (χ3v) is 4.12. The van der Waals surface area contributed by atoms with E-state index in [1.165, 1.54) is 6.07 Å². The number of hydrogen-bond donors (Lipinski definition) is 0. The molecule has 1 aliphatic carbocycles. The lowest BCUT2D eigenvalue weighted by Crippen LogP contribution is -2.23. The van der Waals surface area contributed by atoms with Crippen molar-refractivity contribution in [1.82, 2.24) is 0 Å². The first-order chi connectivity index (χ1) is 11.7. The second kappa shape index (κ2) is 5.42. The third-order valence-electron chi connectivity index (χ3n) is 4.12. The van der Waals surface area contributed by atoms with Crippen molar-refractivity contribution >= 4 is 22.9 Å². The highest BCUT2D eigenvalue weighted by Gasteiger charge is 2.33. The number of anilines is 2. The smallest absolute Gasteiger partial charge is 0.196 e. The molecule has 0 amide bonds. The highest BCUT2D eigenvalue weighted by Crippen LogP contribution is 2.36. The molecular formula is C20H12FNO2. The van der Waals surface area contributed by atoms with Crippen LogP contribution in [0.3, 0.4) is 0 Å². The van der Waals surface area contributed by atoms with E-state index in [-0.39, 0.29) is 28.4 Å². The first-order valence-corrected chi connectivity index (χ1v) is 7.51. The molecule has 0 radical (unpaired) electrons. The summed E-state index contributed by atoms with van der Waals surface area (Å²) in [7, 11) is 0. The van der Waals surface area contributed by atoms with Gasteiger partial charge in [-0.05, 0) is 18.2 Å². The number of nitrogens with zero attached hydrogens (tertiary/aromatic N) is 1. The average molecular weight is 317 g/mol. The molecular weight excluding hydrogens is 305 g/mol. The lowest BCUT2D eigenvalue weighted by Gasteiger charge is -2.23. The van der Waals surface area contributed by atoms with E-state index in [1.54, 1.807) is 66.7 Å². The van der Waals surface area contributed by atoms with Crippen LogP contribution in [0.25, 0.3) is 0 Å². The van der Waals surface area contributed by atoms with Crippen molar-refractivity contribution in [3.8, 4) is 0 Å². The van der Waals surface area contributed by atoms with E-state index in [0.29, 0.717) is 21.9 Å². The van der Waals surface area contributed by atoms with E-state index >= 15 is 0 Å². The molecule has 0 bridgehead atoms. The maximum atomic E-state index is 14.9. The first-order valence-electron chi connectivity index (χ1n) is 7.51. The Hall–Kier alpha value is -3.27. The van der Waals surface area contributed by atoms with Crippen LogP contribution < -0.4 is 5.12 Å². The predicted molar refractivity (Wildman–Crippen MR) is 89.4 cm³/mol. The molecule has 0 atom stereocenters. The SMILES string of the molecule is O=C1c2ccccc2C(=O)c2c1cccc2N(F)c1ccccc1. The van der Waals surface area contributed by atoms with Gasteiger partial charge in [-0.3, -0.25) is 9.59 Å². The quantitative estimate of drug-likeness (QED) is 0.511. The fourth-order valence-corrected chi connectivity index (χ4v) is 2.99. The molecule has 116 valence electrons. The molecule has 0 heterocycles. The molecule has 3 aromatic rings. The summed E-state index contributed by atoms with van der Waals surface area (Å²) in [6.07, 6.45) is 0. The monoisotopic (exact) mass is 317 g/mol. The largest absolute Gasteiger partial charge is 0.289 e. The van der Waals surface area contributed by atoms with Crippen LogP contribution in [0.4, 0.5) is 15.9 Å². The number of carbonyl (C=O) groups is 2. The Kier molecular flexibility index (Phi) is 3.24. The van der Waals surface area contributed by atoms with Gasteiger partial charge < -0.3 is 0 Å². The third kappa shape index (κ3) is 2.04. The van der Waals surface area contributed by atoms with Crippen LogP contribution in [0, 0.1) is 0 Å². The van der Waals surface area contributed by atoms with Crippen LogP contribution in [0.1, 0.15) is 31.8 Å². The average Bonchev–Trinajstić information content (AvgIpc) is 2.65. The van der Waals surface area contributed by atoms with E-state index < -0.39 is 0 Å². The Morgan fingerprint density at radius 1 is 0.625 bits per heavy atom. The van der Waals surface area contributed by atoms with Crippen molar-refractivity contribution in [3.05, 3.63) is 95.1 Å². The molecule has 0 aliphatic heterocycles. The minimum atomic E-state index is -0.339. The van der Waals surface area contributed by atoms with E-state index in [9.17, 15) is 14.1 Å². The van der Waals surface area contributed by atoms with Gasteiger partial charge in [0.2, 0.25) is 0 Å². The summed E-state index contributed by atoms with van der Waals surface area (Å²) >= 11 is 0. The summed E-state index contributed by atoms with van der Waals surface area (Å²) in [6, 6.07) is 19.7. The molecule has 4 rings (SSSR count). The summed E-state index contributed by atoms with van der Waals surface area (Å²) in [4.78, 5) is 25.5. The van der Waals surface area contributed by atoms with E-state index in [1.807, 2.05) is 0 Å². The summed E-state index contributed by atoms with van der Waals surface area (Å²) in [5.74, 6) is -0.599. The summed E-state index contributed by atoms with van der Waals surface area (Å²) in [5, 5.41) is 0.442. The highest BCUT2D eigenvalue weighted by molar-refractivity contribution is 6.30. The van der Waals surface area contributed by atoms with E-state index in [2.05, 4.69) is 0 Å². The molecule has 0 unspecified atom stereocenters. The maximum Gasteiger partial charge on any atom is 0.196 e. The van der Waals surface area contributed by atoms with Crippen LogP contribution in [-0.2, 0) is 0 Å². The number of rotatable bonds is 2. The highest BCUT2D eigenvalue weighted by atomic mass is 19.2. The zero-order valence-electron chi connectivity index (χ0n) is 12.6. The van der Waals surface area contributed by atoms with Gasteiger partial charge in [-0.1, -0.05) is 59.1 Å². The van der Waals surface area contributed by atoms with Crippen molar-refractivity contribution in [2.24, 2.45) is 0 Å². The number of hydrogen-bond acceptors (Lipinski definition) is 3. The van der Waals surface area contributed by atoms with Crippen LogP contribution >= 0.6 is 0 Å². The number of halogens is 1. The van der Waals surface area contributed by atoms with Gasteiger partial charge in [0.05, 0.1) is 16.9 Å². The molecule has 1 aliphatic rings. The Morgan fingerprint density at radius 2 is 1.21 bits per heavy atom. The Bertz CT molecular complexity index is 966. The molecule has 4 heteroatoms. The normalized spacial score (nSPS) is 12.5. The van der Waals surface area contributed by atoms with Gasteiger partial charge in [0.1, 0.15) is 0 Å². The molecule has 0 N–H and O–H groups in total. The lowest BCUT2D eigenvalue weighted by molar-refractivity contribution is 0.0979. The standard InChI is InChI=1S/C20H12FNO2/c21-22(13-7-2-1-3-8-13)17-12-6-11-16-18(17)20(24)15-10-5-4-9-14(15)19(16)23/h1-12H. The lowest BCUT2D eigenvalue weighted by atomic mass is 9.83. The minimum absolute atomic E-state index is 0.0755. The van der Waals surface area contributed by atoms with Crippen molar-refractivity contribution in [3.63, 3.8) is 0 Å². The van der Waals surface area contributed by atoms with Crippen molar-refractivity contribution in [1.29, 1.82) is 0 Å². The second-order valence-corrected chi connectivity index (χ2v) is 5.52. The van der Waals surface area contributed by atoms with Gasteiger partial charge in [0.25, 0.3) is 0 Å². The topological polar surface area (TPSA) is 37.4 Å². The summed E-state index contributed by atoms with van der Waals surface area (Å²) in [6.45, 7) is 0. The van der Waals surface area contributed by atoms with Crippen LogP contribution in [0.2, 0.25) is 0 Å². The van der Waals surface area contributed by atoms with Gasteiger partial charge in [-0.25, -0.2) is 0 Å². The zero-order valence-corrected chi connectivity index (χ0v) is 12.6. The molecule has 0 saturated carbocycles. The molecule has 3 nitrogen and oxygen atoms in total. The van der Waals surface area contributed by atoms with Gasteiger partial charge in [-0.15, -0.1) is 0 Å². The Morgan fingerprint density at radius 3 is 1.92 bits per heavy atom. The number of fused-ring (bicyclic) bond motifs is 2. The van der Waals surface area contributed by atoms with Gasteiger partial charge in [0, 0.05) is 16.7 Å². The molecule has 0 fully saturated rings. The van der Waals surface area contributed by atoms with Crippen LogP contribution in [-0.4, -0.2) is 11.6 Å². The van der Waals surface area contributed by atoms with Crippen LogP contribution in [0.15, 0.2) is 72.8 Å². The number of ketones is 2. The number of benzene rings is 3. The molecule has 0 aromatic heterocycles. The Labute approximate surface area is 137 Å². The minimum Gasteiger partial charge on any atom is -0.289 e. The first kappa shape index (κ1) is 14.3. The number of carbonyl (C=O) groups excluding carboxylic acids is 2. The molecule has 24 heavy (non-hydrogen) atoms. The van der Waals surface area contributed by atoms with Crippen LogP contribution in [0.5, 0.6) is 0 Å². The van der Waals surface area contributed by atoms with Gasteiger partial charge in [0.15, 0.2) is 11.6 Å². The summed E-state index contributed by atoms with van der Waals surface area (Å²) < 4.78 is 14.9. The fraction of sp³-hybridized carbons (Fsp3) is 0. The Balaban J connectivity index is 1.92. The second-order valence-electron chi connectivity index (χ2n) is 5.52. The molecule has 3 aromatic carbocycles.